The fourth-order valence-electron chi connectivity index (χ4n) is 0.978. The Bertz CT molecular complexity index is 407. The van der Waals surface area contributed by atoms with E-state index in [0.29, 0.717) is 0 Å². The standard InChI is InChI=1S/C8H5IN4.HI/c9-8-6(3-11-5-13-8)7-1-2-10-4-12-7;/h1-5H;1H. The maximum absolute atomic E-state index is 4.09. The van der Waals surface area contributed by atoms with Crippen molar-refractivity contribution in [2.24, 2.45) is 0 Å². The molecule has 0 spiro atoms. The summed E-state index contributed by atoms with van der Waals surface area (Å²) >= 11 is 2.17. The second-order valence-corrected chi connectivity index (χ2v) is 3.40. The van der Waals surface area contributed by atoms with Gasteiger partial charge in [0.1, 0.15) is 21.9 Å². The molecule has 0 aliphatic carbocycles. The topological polar surface area (TPSA) is 52.8 Å². The predicted molar refractivity (Wildman–Crippen MR) is 54.5 cm³/mol. The average molecular weight is 412 g/mol. The van der Waals surface area contributed by atoms with Crippen LogP contribution < -0.4 is 29.0 Å². The van der Waals surface area contributed by atoms with Gasteiger partial charge in [0.05, 0.1) is 5.56 Å². The van der Waals surface area contributed by atoms with E-state index < -0.39 is 0 Å². The molecule has 1 N–H and O–H groups in total. The van der Waals surface area contributed by atoms with Crippen LogP contribution >= 0.6 is 22.6 Å². The van der Waals surface area contributed by atoms with Crippen molar-refractivity contribution in [3.05, 3.63) is 34.8 Å². The highest BCUT2D eigenvalue weighted by molar-refractivity contribution is 14.1. The molecule has 0 unspecified atom stereocenters. The molecule has 0 atom stereocenters. The van der Waals surface area contributed by atoms with Crippen molar-refractivity contribution in [3.63, 3.8) is 0 Å². The number of aromatic nitrogens is 4. The number of nitrogens with zero attached hydrogens (tertiary/aromatic N) is 3. The van der Waals surface area contributed by atoms with Crippen molar-refractivity contribution in [1.82, 2.24) is 15.0 Å². The van der Waals surface area contributed by atoms with Gasteiger partial charge in [-0.05, 0) is 22.6 Å². The van der Waals surface area contributed by atoms with Gasteiger partial charge in [0, 0.05) is 12.3 Å². The zero-order chi connectivity index (χ0) is 9.10. The Morgan fingerprint density at radius 1 is 1.29 bits per heavy atom. The van der Waals surface area contributed by atoms with Crippen LogP contribution in [0.15, 0.2) is 31.1 Å². The first-order valence-corrected chi connectivity index (χ1v) is 4.73. The smallest absolute Gasteiger partial charge is 0.284 e. The maximum Gasteiger partial charge on any atom is 0.284 e. The van der Waals surface area contributed by atoms with Gasteiger partial charge in [-0.3, -0.25) is 0 Å². The van der Waals surface area contributed by atoms with Crippen LogP contribution in [0.4, 0.5) is 0 Å². The lowest BCUT2D eigenvalue weighted by Crippen LogP contribution is -3.00. The van der Waals surface area contributed by atoms with E-state index >= 15 is 0 Å². The molecule has 2 heterocycles. The van der Waals surface area contributed by atoms with Crippen LogP contribution in [0.25, 0.3) is 11.3 Å². The highest BCUT2D eigenvalue weighted by Crippen LogP contribution is 2.16. The number of H-pyrrole nitrogens is 1. The Hall–Kier alpha value is -0.380. The number of hydrogen-bond donors (Lipinski definition) is 0. The first-order chi connectivity index (χ1) is 6.38. The van der Waals surface area contributed by atoms with Gasteiger partial charge in [-0.1, -0.05) is 4.98 Å². The van der Waals surface area contributed by atoms with Crippen LogP contribution in [0.2, 0.25) is 0 Å². The molecule has 0 radical (unpaired) electrons. The van der Waals surface area contributed by atoms with Crippen LogP contribution in [0, 0.1) is 3.70 Å². The van der Waals surface area contributed by atoms with Gasteiger partial charge in [-0.2, -0.15) is 0 Å². The molecule has 0 bridgehead atoms. The lowest BCUT2D eigenvalue weighted by molar-refractivity contribution is -0.369. The van der Waals surface area contributed by atoms with E-state index in [2.05, 4.69) is 42.5 Å². The van der Waals surface area contributed by atoms with Gasteiger partial charge in [0.15, 0.2) is 0 Å². The predicted octanol–water partition coefficient (Wildman–Crippen LogP) is -2.04. The summed E-state index contributed by atoms with van der Waals surface area (Å²) in [5.41, 5.74) is 1.96. The molecule has 2 rings (SSSR count). The summed E-state index contributed by atoms with van der Waals surface area (Å²) in [7, 11) is 0. The Morgan fingerprint density at radius 3 is 2.79 bits per heavy atom. The largest absolute Gasteiger partial charge is 1.00 e. The Kier molecular flexibility index (Phi) is 4.58. The molecule has 0 aliphatic heterocycles. The van der Waals surface area contributed by atoms with Crippen LogP contribution in [-0.4, -0.2) is 15.0 Å². The minimum absolute atomic E-state index is 0. The molecule has 0 aliphatic rings. The Morgan fingerprint density at radius 2 is 2.14 bits per heavy atom. The normalized spacial score (nSPS) is 9.21. The minimum atomic E-state index is 0. The van der Waals surface area contributed by atoms with E-state index in [1.807, 2.05) is 6.07 Å². The number of nitrogens with one attached hydrogen (secondary N) is 1. The molecule has 4 nitrogen and oxygen atoms in total. The first kappa shape index (κ1) is 11.7. The van der Waals surface area contributed by atoms with Crippen LogP contribution in [-0.2, 0) is 0 Å². The van der Waals surface area contributed by atoms with E-state index in [0.717, 1.165) is 15.0 Å². The summed E-state index contributed by atoms with van der Waals surface area (Å²) in [5.74, 6) is 0. The highest BCUT2D eigenvalue weighted by atomic mass is 127. The van der Waals surface area contributed by atoms with Crippen molar-refractivity contribution in [3.8, 4) is 11.3 Å². The third-order valence-electron chi connectivity index (χ3n) is 1.58. The van der Waals surface area contributed by atoms with Crippen molar-refractivity contribution in [1.29, 1.82) is 0 Å². The number of rotatable bonds is 1. The molecule has 2 aromatic heterocycles. The number of hydrogen-bond acceptors (Lipinski definition) is 3. The molecular formula is C8H6I2N4. The van der Waals surface area contributed by atoms with Crippen LogP contribution in [0.3, 0.4) is 0 Å². The van der Waals surface area contributed by atoms with Gasteiger partial charge in [-0.15, -0.1) is 0 Å². The lowest BCUT2D eigenvalue weighted by Gasteiger charge is -1.96. The van der Waals surface area contributed by atoms with Gasteiger partial charge < -0.3 is 24.0 Å². The van der Waals surface area contributed by atoms with Gasteiger partial charge >= 0.3 is 0 Å². The monoisotopic (exact) mass is 412 g/mol. The van der Waals surface area contributed by atoms with E-state index in [4.69, 9.17) is 0 Å². The number of halogens is 2. The van der Waals surface area contributed by atoms with Crippen molar-refractivity contribution >= 4 is 22.6 Å². The molecule has 0 saturated carbocycles. The SMILES string of the molecule is Ic1ncncc1-c1ccnc[nH+]1.[I-]. The highest BCUT2D eigenvalue weighted by Gasteiger charge is 2.06. The first-order valence-electron chi connectivity index (χ1n) is 3.65. The van der Waals surface area contributed by atoms with E-state index in [-0.39, 0.29) is 24.0 Å². The Labute approximate surface area is 112 Å². The molecule has 0 fully saturated rings. The maximum atomic E-state index is 4.09. The molecule has 72 valence electrons. The summed E-state index contributed by atoms with van der Waals surface area (Å²) in [5, 5.41) is 0. The zero-order valence-electron chi connectivity index (χ0n) is 6.98. The Balaban J connectivity index is 0.000000980. The second kappa shape index (κ2) is 5.49. The summed E-state index contributed by atoms with van der Waals surface area (Å²) in [6.45, 7) is 0. The minimum Gasteiger partial charge on any atom is -1.00 e. The van der Waals surface area contributed by atoms with Gasteiger partial charge in [0.2, 0.25) is 0 Å². The third kappa shape index (κ3) is 2.56. The molecule has 0 aromatic carbocycles. The summed E-state index contributed by atoms with van der Waals surface area (Å²) < 4.78 is 0.926. The molecule has 14 heavy (non-hydrogen) atoms. The van der Waals surface area contributed by atoms with Crippen molar-refractivity contribution < 1.29 is 29.0 Å². The fraction of sp³-hybridized carbons (Fsp3) is 0. The summed E-state index contributed by atoms with van der Waals surface area (Å²) in [4.78, 5) is 15.0. The van der Waals surface area contributed by atoms with Crippen LogP contribution in [0.1, 0.15) is 0 Å². The summed E-state index contributed by atoms with van der Waals surface area (Å²) in [6.07, 6.45) is 6.68. The van der Waals surface area contributed by atoms with Crippen molar-refractivity contribution in [2.75, 3.05) is 0 Å². The van der Waals surface area contributed by atoms with Gasteiger partial charge in [0.25, 0.3) is 6.33 Å². The third-order valence-corrected chi connectivity index (χ3v) is 2.44. The zero-order valence-corrected chi connectivity index (χ0v) is 11.3. The van der Waals surface area contributed by atoms with Gasteiger partial charge in [-0.25, -0.2) is 15.0 Å². The molecule has 0 amide bonds. The second-order valence-electron chi connectivity index (χ2n) is 2.38. The lowest BCUT2D eigenvalue weighted by atomic mass is 10.2. The van der Waals surface area contributed by atoms with Crippen molar-refractivity contribution in [2.45, 2.75) is 0 Å². The molecule has 6 heteroatoms. The van der Waals surface area contributed by atoms with E-state index in [1.165, 1.54) is 6.33 Å². The fourth-order valence-corrected chi connectivity index (χ4v) is 1.53. The van der Waals surface area contributed by atoms with E-state index in [9.17, 15) is 0 Å². The average Bonchev–Trinajstić information content (AvgIpc) is 2.20. The number of aromatic amines is 1. The molecule has 2 aromatic rings. The van der Waals surface area contributed by atoms with Crippen LogP contribution in [0.5, 0.6) is 0 Å². The van der Waals surface area contributed by atoms with E-state index in [1.54, 1.807) is 18.7 Å². The molecule has 0 saturated heterocycles. The molecular weight excluding hydrogens is 406 g/mol. The summed E-state index contributed by atoms with van der Waals surface area (Å²) in [6, 6.07) is 1.89. The quantitative estimate of drug-likeness (QED) is 0.401.